The number of carbonyl (C=O) groups excluding carboxylic acids is 1. The average molecular weight is 327 g/mol. The highest BCUT2D eigenvalue weighted by Crippen LogP contribution is 2.27. The first-order valence-electron chi connectivity index (χ1n) is 7.99. The van der Waals surface area contributed by atoms with Crippen molar-refractivity contribution < 1.29 is 9.53 Å². The Kier molecular flexibility index (Phi) is 4.92. The topological polar surface area (TPSA) is 64.1 Å². The number of amides is 1. The zero-order chi connectivity index (χ0) is 18.0. The van der Waals surface area contributed by atoms with Crippen LogP contribution in [0.4, 0.5) is 10.7 Å². The summed E-state index contributed by atoms with van der Waals surface area (Å²) in [6.45, 7) is 12.5. The van der Waals surface area contributed by atoms with E-state index in [0.717, 1.165) is 11.4 Å². The van der Waals surface area contributed by atoms with Crippen LogP contribution in [-0.2, 0) is 10.8 Å². The largest absolute Gasteiger partial charge is 0.419 e. The number of nitrogens with zero attached hydrogens (tertiary/aromatic N) is 2. The standard InChI is InChI=1S/C19H25N3O2/c1-18(2,3)14-12-15(19(4,5)6)21-16(20-14)22-17(23)24-13-10-8-7-9-11-13/h7-12H,1-6H3,(H,20,21,22,23). The van der Waals surface area contributed by atoms with Crippen molar-refractivity contribution in [2.24, 2.45) is 0 Å². The second kappa shape index (κ2) is 6.59. The Morgan fingerprint density at radius 2 is 1.42 bits per heavy atom. The van der Waals surface area contributed by atoms with Gasteiger partial charge in [-0.05, 0) is 18.2 Å². The third-order valence-electron chi connectivity index (χ3n) is 3.43. The number of aromatic nitrogens is 2. The molecule has 0 atom stereocenters. The fraction of sp³-hybridized carbons (Fsp3) is 0.421. The van der Waals surface area contributed by atoms with Crippen LogP contribution >= 0.6 is 0 Å². The minimum absolute atomic E-state index is 0.150. The van der Waals surface area contributed by atoms with Crippen LogP contribution < -0.4 is 10.1 Å². The summed E-state index contributed by atoms with van der Waals surface area (Å²) >= 11 is 0. The molecule has 24 heavy (non-hydrogen) atoms. The number of benzene rings is 1. The van der Waals surface area contributed by atoms with Crippen molar-refractivity contribution in [3.63, 3.8) is 0 Å². The number of para-hydroxylation sites is 1. The first-order chi connectivity index (χ1) is 11.1. The number of hydrogen-bond donors (Lipinski definition) is 1. The summed E-state index contributed by atoms with van der Waals surface area (Å²) in [7, 11) is 0. The van der Waals surface area contributed by atoms with E-state index in [1.165, 1.54) is 0 Å². The Morgan fingerprint density at radius 1 is 0.917 bits per heavy atom. The molecule has 0 aliphatic carbocycles. The van der Waals surface area contributed by atoms with Gasteiger partial charge in [0.15, 0.2) is 0 Å². The van der Waals surface area contributed by atoms with Gasteiger partial charge in [-0.2, -0.15) is 0 Å². The summed E-state index contributed by atoms with van der Waals surface area (Å²) in [6, 6.07) is 10.9. The van der Waals surface area contributed by atoms with Crippen molar-refractivity contribution in [3.05, 3.63) is 47.8 Å². The van der Waals surface area contributed by atoms with Crippen LogP contribution in [0, 0.1) is 0 Å². The SMILES string of the molecule is CC(C)(C)c1cc(C(C)(C)C)nc(NC(=O)Oc2ccccc2)n1. The molecule has 5 heteroatoms. The summed E-state index contributed by atoms with van der Waals surface area (Å²) in [5.41, 5.74) is 1.45. The second-order valence-electron chi connectivity index (χ2n) is 7.79. The number of anilines is 1. The summed E-state index contributed by atoms with van der Waals surface area (Å²) in [6.07, 6.45) is -0.605. The van der Waals surface area contributed by atoms with Gasteiger partial charge in [0.2, 0.25) is 5.95 Å². The highest BCUT2D eigenvalue weighted by molar-refractivity contribution is 5.84. The third kappa shape index (κ3) is 4.78. The number of carbonyl (C=O) groups is 1. The Hall–Kier alpha value is -2.43. The Labute approximate surface area is 143 Å². The van der Waals surface area contributed by atoms with Gasteiger partial charge in [0, 0.05) is 10.8 Å². The van der Waals surface area contributed by atoms with Crippen molar-refractivity contribution in [1.29, 1.82) is 0 Å². The predicted octanol–water partition coefficient (Wildman–Crippen LogP) is 4.68. The quantitative estimate of drug-likeness (QED) is 0.869. The Bertz CT molecular complexity index is 681. The summed E-state index contributed by atoms with van der Waals surface area (Å²) < 4.78 is 5.24. The summed E-state index contributed by atoms with van der Waals surface area (Å²) in [5.74, 6) is 0.728. The molecule has 2 aromatic rings. The van der Waals surface area contributed by atoms with E-state index in [1.807, 2.05) is 12.1 Å². The Balaban J connectivity index is 2.27. The van der Waals surface area contributed by atoms with Gasteiger partial charge >= 0.3 is 6.09 Å². The first kappa shape index (κ1) is 17.9. The van der Waals surface area contributed by atoms with E-state index < -0.39 is 6.09 Å². The number of hydrogen-bond acceptors (Lipinski definition) is 4. The highest BCUT2D eigenvalue weighted by Gasteiger charge is 2.23. The van der Waals surface area contributed by atoms with E-state index >= 15 is 0 Å². The molecule has 5 nitrogen and oxygen atoms in total. The van der Waals surface area contributed by atoms with Crippen molar-refractivity contribution >= 4 is 12.0 Å². The molecule has 1 N–H and O–H groups in total. The van der Waals surface area contributed by atoms with Gasteiger partial charge in [-0.1, -0.05) is 59.7 Å². The number of nitrogens with one attached hydrogen (secondary N) is 1. The molecular weight excluding hydrogens is 302 g/mol. The zero-order valence-corrected chi connectivity index (χ0v) is 15.2. The number of rotatable bonds is 2. The Morgan fingerprint density at radius 3 is 1.88 bits per heavy atom. The maximum absolute atomic E-state index is 12.1. The summed E-state index contributed by atoms with van der Waals surface area (Å²) in [5, 5.41) is 2.63. The van der Waals surface area contributed by atoms with Gasteiger partial charge in [-0.25, -0.2) is 14.8 Å². The molecule has 1 heterocycles. The maximum Gasteiger partial charge on any atom is 0.419 e. The average Bonchev–Trinajstić information content (AvgIpc) is 2.46. The summed E-state index contributed by atoms with van der Waals surface area (Å²) in [4.78, 5) is 21.0. The monoisotopic (exact) mass is 327 g/mol. The van der Waals surface area contributed by atoms with E-state index in [2.05, 4.69) is 56.8 Å². The second-order valence-corrected chi connectivity index (χ2v) is 7.79. The zero-order valence-electron chi connectivity index (χ0n) is 15.2. The molecule has 0 saturated heterocycles. The van der Waals surface area contributed by atoms with Gasteiger partial charge in [0.05, 0.1) is 11.4 Å². The third-order valence-corrected chi connectivity index (χ3v) is 3.43. The minimum atomic E-state index is -0.605. The maximum atomic E-state index is 12.1. The lowest BCUT2D eigenvalue weighted by Gasteiger charge is -2.24. The molecule has 2 rings (SSSR count). The van der Waals surface area contributed by atoms with Crippen molar-refractivity contribution in [2.75, 3.05) is 5.32 Å². The molecule has 1 aromatic carbocycles. The molecule has 1 aromatic heterocycles. The smallest absolute Gasteiger partial charge is 0.410 e. The van der Waals surface area contributed by atoms with Gasteiger partial charge in [0.25, 0.3) is 0 Å². The van der Waals surface area contributed by atoms with Crippen molar-refractivity contribution in [3.8, 4) is 5.75 Å². The van der Waals surface area contributed by atoms with E-state index in [-0.39, 0.29) is 16.8 Å². The van der Waals surface area contributed by atoms with Crippen molar-refractivity contribution in [2.45, 2.75) is 52.4 Å². The van der Waals surface area contributed by atoms with Crippen LogP contribution in [0.2, 0.25) is 0 Å². The molecule has 0 aliphatic rings. The van der Waals surface area contributed by atoms with Crippen LogP contribution in [0.3, 0.4) is 0 Å². The van der Waals surface area contributed by atoms with Crippen LogP contribution in [0.25, 0.3) is 0 Å². The van der Waals surface area contributed by atoms with E-state index in [4.69, 9.17) is 4.74 Å². The predicted molar refractivity (Wildman–Crippen MR) is 95.5 cm³/mol. The van der Waals surface area contributed by atoms with Crippen LogP contribution in [0.1, 0.15) is 52.9 Å². The molecular formula is C19H25N3O2. The van der Waals surface area contributed by atoms with Crippen LogP contribution in [0.15, 0.2) is 36.4 Å². The first-order valence-corrected chi connectivity index (χ1v) is 7.99. The normalized spacial score (nSPS) is 11.9. The lowest BCUT2D eigenvalue weighted by Crippen LogP contribution is -2.24. The highest BCUT2D eigenvalue weighted by atomic mass is 16.6. The van der Waals surface area contributed by atoms with Gasteiger partial charge in [-0.3, -0.25) is 5.32 Å². The van der Waals surface area contributed by atoms with Gasteiger partial charge in [0.1, 0.15) is 5.75 Å². The molecule has 0 bridgehead atoms. The van der Waals surface area contributed by atoms with E-state index in [0.29, 0.717) is 5.75 Å². The molecule has 1 amide bonds. The van der Waals surface area contributed by atoms with Crippen LogP contribution in [-0.4, -0.2) is 16.1 Å². The van der Waals surface area contributed by atoms with Gasteiger partial charge < -0.3 is 4.74 Å². The molecule has 128 valence electrons. The molecule has 0 fully saturated rings. The lowest BCUT2D eigenvalue weighted by molar-refractivity contribution is 0.215. The molecule has 0 unspecified atom stereocenters. The van der Waals surface area contributed by atoms with E-state index in [1.54, 1.807) is 24.3 Å². The van der Waals surface area contributed by atoms with E-state index in [9.17, 15) is 4.79 Å². The fourth-order valence-corrected chi connectivity index (χ4v) is 1.98. The molecule has 0 radical (unpaired) electrons. The van der Waals surface area contributed by atoms with Crippen LogP contribution in [0.5, 0.6) is 5.75 Å². The van der Waals surface area contributed by atoms with Crippen molar-refractivity contribution in [1.82, 2.24) is 9.97 Å². The lowest BCUT2D eigenvalue weighted by atomic mass is 9.87. The molecule has 0 saturated carbocycles. The molecule has 0 aliphatic heterocycles. The van der Waals surface area contributed by atoms with Gasteiger partial charge in [-0.15, -0.1) is 0 Å². The minimum Gasteiger partial charge on any atom is -0.410 e. The fourth-order valence-electron chi connectivity index (χ4n) is 1.98. The molecule has 0 spiro atoms. The number of ether oxygens (including phenoxy) is 1.